The van der Waals surface area contributed by atoms with Crippen LogP contribution in [0.15, 0.2) is 0 Å². The minimum Gasteiger partial charge on any atom is -0.378 e. The normalized spacial score (nSPS) is 32.3. The Morgan fingerprint density at radius 1 is 1.13 bits per heavy atom. The predicted molar refractivity (Wildman–Crippen MR) is 89.3 cm³/mol. The van der Waals surface area contributed by atoms with E-state index in [0.717, 1.165) is 52.0 Å². The highest BCUT2D eigenvalue weighted by atomic mass is 16.5. The van der Waals surface area contributed by atoms with Crippen molar-refractivity contribution in [3.05, 3.63) is 0 Å². The molecule has 0 radical (unpaired) electrons. The van der Waals surface area contributed by atoms with Crippen molar-refractivity contribution >= 4 is 5.91 Å². The van der Waals surface area contributed by atoms with Gasteiger partial charge in [-0.1, -0.05) is 26.7 Å². The molecule has 23 heavy (non-hydrogen) atoms. The van der Waals surface area contributed by atoms with Crippen LogP contribution in [-0.2, 0) is 9.53 Å². The van der Waals surface area contributed by atoms with Gasteiger partial charge in [0.2, 0.25) is 5.91 Å². The first-order chi connectivity index (χ1) is 11.1. The molecule has 130 valence electrons. The number of carbonyl (C=O) groups is 1. The molecule has 1 saturated carbocycles. The third-order valence-corrected chi connectivity index (χ3v) is 6.39. The summed E-state index contributed by atoms with van der Waals surface area (Å²) in [4.78, 5) is 20.1. The zero-order chi connectivity index (χ0) is 16.0. The lowest BCUT2D eigenvalue weighted by Gasteiger charge is -2.64. The summed E-state index contributed by atoms with van der Waals surface area (Å²) in [7, 11) is 0. The van der Waals surface area contributed by atoms with Gasteiger partial charge in [0.05, 0.1) is 24.8 Å². The second-order valence-corrected chi connectivity index (χ2v) is 8.36. The maximum absolute atomic E-state index is 12.6. The molecular formula is C18H31N3O2. The number of hydrogen-bond donors (Lipinski definition) is 0. The number of piperazine rings is 1. The molecule has 4 aliphatic rings. The molecule has 0 bridgehead atoms. The van der Waals surface area contributed by atoms with Crippen molar-refractivity contribution in [1.29, 1.82) is 0 Å². The Bertz CT molecular complexity index is 455. The van der Waals surface area contributed by atoms with Crippen LogP contribution in [0.3, 0.4) is 0 Å². The van der Waals surface area contributed by atoms with Gasteiger partial charge >= 0.3 is 0 Å². The molecule has 5 heteroatoms. The van der Waals surface area contributed by atoms with Crippen LogP contribution < -0.4 is 0 Å². The highest BCUT2D eigenvalue weighted by Gasteiger charge is 2.56. The van der Waals surface area contributed by atoms with E-state index in [-0.39, 0.29) is 11.5 Å². The van der Waals surface area contributed by atoms with Crippen molar-refractivity contribution in [2.24, 2.45) is 5.92 Å². The maximum Gasteiger partial charge on any atom is 0.225 e. The quantitative estimate of drug-likeness (QED) is 0.765. The summed E-state index contributed by atoms with van der Waals surface area (Å²) in [6.07, 6.45) is 5.53. The van der Waals surface area contributed by atoms with Crippen LogP contribution in [0.4, 0.5) is 0 Å². The van der Waals surface area contributed by atoms with Gasteiger partial charge in [-0.2, -0.15) is 0 Å². The van der Waals surface area contributed by atoms with Gasteiger partial charge in [0.25, 0.3) is 0 Å². The monoisotopic (exact) mass is 321 g/mol. The fourth-order valence-corrected chi connectivity index (χ4v) is 5.25. The zero-order valence-corrected chi connectivity index (χ0v) is 14.7. The molecule has 1 aliphatic carbocycles. The van der Waals surface area contributed by atoms with E-state index in [2.05, 4.69) is 14.7 Å². The Morgan fingerprint density at radius 2 is 1.87 bits per heavy atom. The number of rotatable bonds is 2. The van der Waals surface area contributed by atoms with Gasteiger partial charge in [0, 0.05) is 44.7 Å². The van der Waals surface area contributed by atoms with Crippen LogP contribution in [0.25, 0.3) is 0 Å². The van der Waals surface area contributed by atoms with E-state index in [1.807, 2.05) is 13.8 Å². The summed E-state index contributed by atoms with van der Waals surface area (Å²) in [6, 6.07) is 1.20. The van der Waals surface area contributed by atoms with Crippen molar-refractivity contribution < 1.29 is 9.53 Å². The summed E-state index contributed by atoms with van der Waals surface area (Å²) in [5, 5.41) is 0. The van der Waals surface area contributed by atoms with Gasteiger partial charge in [-0.3, -0.25) is 14.6 Å². The summed E-state index contributed by atoms with van der Waals surface area (Å²) in [5.41, 5.74) is 0.194. The molecule has 1 amide bonds. The number of fused-ring (bicyclic) bond motifs is 2. The van der Waals surface area contributed by atoms with E-state index < -0.39 is 0 Å². The Balaban J connectivity index is 1.50. The number of carbonyl (C=O) groups excluding carboxylic acids is 1. The molecule has 0 unspecified atom stereocenters. The minimum atomic E-state index is 0.0918. The minimum absolute atomic E-state index is 0.0918. The maximum atomic E-state index is 12.6. The lowest BCUT2D eigenvalue weighted by Crippen LogP contribution is -2.81. The van der Waals surface area contributed by atoms with Gasteiger partial charge in [0.15, 0.2) is 0 Å². The van der Waals surface area contributed by atoms with Crippen LogP contribution in [0.2, 0.25) is 0 Å². The van der Waals surface area contributed by atoms with Crippen molar-refractivity contribution in [2.75, 3.05) is 45.9 Å². The van der Waals surface area contributed by atoms with E-state index in [1.54, 1.807) is 0 Å². The highest BCUT2D eigenvalue weighted by Crippen LogP contribution is 2.39. The predicted octanol–water partition coefficient (Wildman–Crippen LogP) is 1.18. The first-order valence-electron chi connectivity index (χ1n) is 9.46. The van der Waals surface area contributed by atoms with Gasteiger partial charge in [-0.15, -0.1) is 0 Å². The molecule has 4 fully saturated rings. The molecule has 0 aromatic heterocycles. The van der Waals surface area contributed by atoms with E-state index in [0.29, 0.717) is 11.9 Å². The molecule has 3 saturated heterocycles. The standard InChI is InChI=1S/C18H31N3O2/c1-14(2)17(22)19-9-16-10-23-8-7-21(16)18(11-19)12-20(13-18)15-5-3-4-6-15/h14-16H,3-13H2,1-2H3/t16-/m1/s1. The second-order valence-electron chi connectivity index (χ2n) is 8.36. The van der Waals surface area contributed by atoms with Crippen molar-refractivity contribution in [3.8, 4) is 0 Å². The Kier molecular flexibility index (Phi) is 4.14. The largest absolute Gasteiger partial charge is 0.378 e. The average molecular weight is 321 g/mol. The molecule has 1 atom stereocenters. The van der Waals surface area contributed by atoms with Crippen molar-refractivity contribution in [1.82, 2.24) is 14.7 Å². The fourth-order valence-electron chi connectivity index (χ4n) is 5.25. The number of likely N-dealkylation sites (tertiary alicyclic amines) is 1. The lowest BCUT2D eigenvalue weighted by atomic mass is 9.81. The topological polar surface area (TPSA) is 36.0 Å². The number of hydrogen-bond acceptors (Lipinski definition) is 4. The Labute approximate surface area is 139 Å². The number of nitrogens with zero attached hydrogens (tertiary/aromatic N) is 3. The molecule has 0 aromatic rings. The van der Waals surface area contributed by atoms with Crippen LogP contribution in [0.5, 0.6) is 0 Å². The molecule has 5 nitrogen and oxygen atoms in total. The molecule has 3 aliphatic heterocycles. The smallest absolute Gasteiger partial charge is 0.225 e. The first-order valence-corrected chi connectivity index (χ1v) is 9.46. The summed E-state index contributed by atoms with van der Waals surface area (Å²) in [5.74, 6) is 0.406. The second kappa shape index (κ2) is 6.01. The average Bonchev–Trinajstić information content (AvgIpc) is 3.04. The van der Waals surface area contributed by atoms with E-state index >= 15 is 0 Å². The lowest BCUT2D eigenvalue weighted by molar-refractivity contribution is -0.181. The van der Waals surface area contributed by atoms with Crippen LogP contribution in [0.1, 0.15) is 39.5 Å². The summed E-state index contributed by atoms with van der Waals surface area (Å²) < 4.78 is 5.72. The number of morpholine rings is 1. The molecule has 3 heterocycles. The van der Waals surface area contributed by atoms with Gasteiger partial charge in [-0.25, -0.2) is 0 Å². The molecule has 0 aromatic carbocycles. The van der Waals surface area contributed by atoms with Crippen molar-refractivity contribution in [2.45, 2.75) is 57.2 Å². The molecule has 1 spiro atoms. The van der Waals surface area contributed by atoms with Crippen LogP contribution in [-0.4, -0.2) is 84.2 Å². The molecule has 4 rings (SSSR count). The molecular weight excluding hydrogens is 290 g/mol. The van der Waals surface area contributed by atoms with Crippen LogP contribution >= 0.6 is 0 Å². The van der Waals surface area contributed by atoms with Gasteiger partial charge in [-0.05, 0) is 12.8 Å². The third kappa shape index (κ3) is 2.71. The zero-order valence-electron chi connectivity index (χ0n) is 14.7. The first kappa shape index (κ1) is 15.9. The SMILES string of the molecule is CC(C)C(=O)N1C[C@@H]2COCCN2C2(C1)CN(C1CCCC1)C2. The fraction of sp³-hybridized carbons (Fsp3) is 0.944. The molecule has 0 N–H and O–H groups in total. The summed E-state index contributed by atoms with van der Waals surface area (Å²) in [6.45, 7) is 10.8. The number of amides is 1. The highest BCUT2D eigenvalue weighted by molar-refractivity contribution is 5.78. The van der Waals surface area contributed by atoms with Gasteiger partial charge in [0.1, 0.15) is 0 Å². The third-order valence-electron chi connectivity index (χ3n) is 6.39. The Hall–Kier alpha value is -0.650. The summed E-state index contributed by atoms with van der Waals surface area (Å²) >= 11 is 0. The van der Waals surface area contributed by atoms with Crippen molar-refractivity contribution in [3.63, 3.8) is 0 Å². The Morgan fingerprint density at radius 3 is 2.57 bits per heavy atom. The van der Waals surface area contributed by atoms with E-state index in [1.165, 1.54) is 25.7 Å². The van der Waals surface area contributed by atoms with Gasteiger partial charge < -0.3 is 9.64 Å². The van der Waals surface area contributed by atoms with E-state index in [4.69, 9.17) is 4.74 Å². The number of ether oxygens (including phenoxy) is 1. The van der Waals surface area contributed by atoms with Crippen LogP contribution in [0, 0.1) is 5.92 Å². The van der Waals surface area contributed by atoms with E-state index in [9.17, 15) is 4.79 Å².